The maximum absolute atomic E-state index is 14.0. The van der Waals surface area contributed by atoms with E-state index in [9.17, 15) is 22.4 Å². The van der Waals surface area contributed by atoms with Crippen molar-refractivity contribution in [1.82, 2.24) is 10.2 Å². The van der Waals surface area contributed by atoms with Gasteiger partial charge in [0.05, 0.1) is 10.6 Å². The van der Waals surface area contributed by atoms with Gasteiger partial charge in [-0.05, 0) is 74.2 Å². The van der Waals surface area contributed by atoms with Crippen LogP contribution in [0.1, 0.15) is 50.2 Å². The zero-order valence-corrected chi connectivity index (χ0v) is 23.7. The number of benzene rings is 3. The highest BCUT2D eigenvalue weighted by Gasteiger charge is 2.33. The van der Waals surface area contributed by atoms with Crippen LogP contribution in [0.2, 0.25) is 0 Å². The van der Waals surface area contributed by atoms with Gasteiger partial charge >= 0.3 is 0 Å². The fourth-order valence-electron chi connectivity index (χ4n) is 4.97. The third kappa shape index (κ3) is 7.27. The lowest BCUT2D eigenvalue weighted by molar-refractivity contribution is -0.139. The predicted octanol–water partition coefficient (Wildman–Crippen LogP) is 5.20. The first-order chi connectivity index (χ1) is 19.1. The third-order valence-corrected chi connectivity index (χ3v) is 9.07. The Labute approximate surface area is 236 Å². The fourth-order valence-corrected chi connectivity index (χ4v) is 6.40. The minimum Gasteiger partial charge on any atom is -0.352 e. The standard InChI is InChI=1S/C31H36FN3O4S/c1-23-10-9-13-28(20-23)35(40(38,39)29-14-7-4-8-15-29)22-30(36)34(21-25-16-18-26(32)19-17-25)24(2)31(37)33-27-11-5-3-6-12-27/h4,7-10,13-20,24,27H,3,5-6,11-12,21-22H2,1-2H3,(H,33,37)/t24-/m0/s1. The molecule has 9 heteroatoms. The molecular weight excluding hydrogens is 529 g/mol. The van der Waals surface area contributed by atoms with E-state index < -0.39 is 34.3 Å². The van der Waals surface area contributed by atoms with Crippen LogP contribution in [0.3, 0.4) is 0 Å². The number of anilines is 1. The molecule has 4 rings (SSSR count). The van der Waals surface area contributed by atoms with Gasteiger partial charge in [0.15, 0.2) is 0 Å². The van der Waals surface area contributed by atoms with Crippen molar-refractivity contribution in [2.24, 2.45) is 0 Å². The molecule has 0 bridgehead atoms. The Kier molecular flexibility index (Phi) is 9.58. The van der Waals surface area contributed by atoms with Gasteiger partial charge in [0, 0.05) is 12.6 Å². The van der Waals surface area contributed by atoms with Crippen LogP contribution in [0.5, 0.6) is 0 Å². The summed E-state index contributed by atoms with van der Waals surface area (Å²) in [5.41, 5.74) is 1.81. The van der Waals surface area contributed by atoms with E-state index in [0.29, 0.717) is 11.3 Å². The summed E-state index contributed by atoms with van der Waals surface area (Å²) in [6.45, 7) is 2.99. The van der Waals surface area contributed by atoms with Gasteiger partial charge in [0.1, 0.15) is 18.4 Å². The molecule has 40 heavy (non-hydrogen) atoms. The molecule has 1 atom stereocenters. The smallest absolute Gasteiger partial charge is 0.264 e. The minimum absolute atomic E-state index is 0.0193. The molecule has 0 unspecified atom stereocenters. The first-order valence-corrected chi connectivity index (χ1v) is 15.1. The molecule has 0 aromatic heterocycles. The van der Waals surface area contributed by atoms with E-state index in [1.165, 1.54) is 29.2 Å². The maximum atomic E-state index is 14.0. The van der Waals surface area contributed by atoms with Crippen molar-refractivity contribution < 1.29 is 22.4 Å². The molecule has 212 valence electrons. The number of hydrogen-bond donors (Lipinski definition) is 1. The molecule has 7 nitrogen and oxygen atoms in total. The first-order valence-electron chi connectivity index (χ1n) is 13.6. The van der Waals surface area contributed by atoms with E-state index in [0.717, 1.165) is 42.0 Å². The highest BCUT2D eigenvalue weighted by molar-refractivity contribution is 7.92. The highest BCUT2D eigenvalue weighted by atomic mass is 32.2. The average Bonchev–Trinajstić information content (AvgIpc) is 2.96. The molecule has 0 aliphatic heterocycles. The van der Waals surface area contributed by atoms with Gasteiger partial charge in [-0.2, -0.15) is 0 Å². The molecule has 3 aromatic carbocycles. The molecular formula is C31H36FN3O4S. The molecule has 3 aromatic rings. The largest absolute Gasteiger partial charge is 0.352 e. The normalized spacial score (nSPS) is 14.8. The van der Waals surface area contributed by atoms with Crippen molar-refractivity contribution in [2.45, 2.75) is 69.5 Å². The van der Waals surface area contributed by atoms with Crippen LogP contribution in [-0.4, -0.2) is 43.8 Å². The van der Waals surface area contributed by atoms with Crippen LogP contribution in [-0.2, 0) is 26.2 Å². The molecule has 1 aliphatic rings. The van der Waals surface area contributed by atoms with E-state index in [2.05, 4.69) is 5.32 Å². The molecule has 0 radical (unpaired) electrons. The highest BCUT2D eigenvalue weighted by Crippen LogP contribution is 2.25. The second kappa shape index (κ2) is 13.1. The molecule has 0 saturated heterocycles. The van der Waals surface area contributed by atoms with Gasteiger partial charge in [-0.15, -0.1) is 0 Å². The lowest BCUT2D eigenvalue weighted by Gasteiger charge is -2.33. The molecule has 1 N–H and O–H groups in total. The van der Waals surface area contributed by atoms with E-state index in [4.69, 9.17) is 0 Å². The zero-order chi connectivity index (χ0) is 28.7. The number of sulfonamides is 1. The quantitative estimate of drug-likeness (QED) is 0.366. The van der Waals surface area contributed by atoms with Crippen molar-refractivity contribution in [3.8, 4) is 0 Å². The van der Waals surface area contributed by atoms with Crippen molar-refractivity contribution in [3.63, 3.8) is 0 Å². The Bertz CT molecular complexity index is 1410. The predicted molar refractivity (Wildman–Crippen MR) is 154 cm³/mol. The van der Waals surface area contributed by atoms with Crippen LogP contribution < -0.4 is 9.62 Å². The van der Waals surface area contributed by atoms with Crippen molar-refractivity contribution in [1.29, 1.82) is 0 Å². The molecule has 2 amide bonds. The number of carbonyl (C=O) groups is 2. The Morgan fingerprint density at radius 2 is 1.62 bits per heavy atom. The third-order valence-electron chi connectivity index (χ3n) is 7.28. The summed E-state index contributed by atoms with van der Waals surface area (Å²) in [6, 6.07) is 19.7. The number of amides is 2. The van der Waals surface area contributed by atoms with Crippen LogP contribution in [0.15, 0.2) is 83.8 Å². The van der Waals surface area contributed by atoms with Crippen molar-refractivity contribution in [2.75, 3.05) is 10.8 Å². The van der Waals surface area contributed by atoms with Crippen LogP contribution in [0, 0.1) is 12.7 Å². The Morgan fingerprint density at radius 1 is 0.950 bits per heavy atom. The van der Waals surface area contributed by atoms with Crippen LogP contribution >= 0.6 is 0 Å². The van der Waals surface area contributed by atoms with E-state index in [1.54, 1.807) is 55.5 Å². The number of halogens is 1. The SMILES string of the molecule is Cc1cccc(N(CC(=O)N(Cc2ccc(F)cc2)[C@@H](C)C(=O)NC2CCCCC2)S(=O)(=O)c2ccccc2)c1. The number of hydrogen-bond acceptors (Lipinski definition) is 4. The van der Waals surface area contributed by atoms with Gasteiger partial charge in [-0.1, -0.05) is 61.7 Å². The first kappa shape index (κ1) is 29.3. The van der Waals surface area contributed by atoms with Crippen molar-refractivity contribution in [3.05, 3.63) is 95.8 Å². The average molecular weight is 566 g/mol. The van der Waals surface area contributed by atoms with E-state index in [1.807, 2.05) is 13.0 Å². The summed E-state index contributed by atoms with van der Waals surface area (Å²) in [7, 11) is -4.11. The topological polar surface area (TPSA) is 86.8 Å². The summed E-state index contributed by atoms with van der Waals surface area (Å²) in [5, 5.41) is 3.07. The second-order valence-corrected chi connectivity index (χ2v) is 12.2. The van der Waals surface area contributed by atoms with Gasteiger partial charge < -0.3 is 10.2 Å². The lowest BCUT2D eigenvalue weighted by atomic mass is 9.95. The molecule has 1 saturated carbocycles. The van der Waals surface area contributed by atoms with Gasteiger partial charge in [-0.25, -0.2) is 12.8 Å². The summed E-state index contributed by atoms with van der Waals surface area (Å²) < 4.78 is 42.3. The van der Waals surface area contributed by atoms with Crippen molar-refractivity contribution >= 4 is 27.5 Å². The number of aryl methyl sites for hydroxylation is 1. The number of rotatable bonds is 10. The number of nitrogens with one attached hydrogen (secondary N) is 1. The lowest BCUT2D eigenvalue weighted by Crippen LogP contribution is -2.53. The summed E-state index contributed by atoms with van der Waals surface area (Å²) in [6.07, 6.45) is 5.00. The summed E-state index contributed by atoms with van der Waals surface area (Å²) in [4.78, 5) is 28.7. The molecule has 0 spiro atoms. The minimum atomic E-state index is -4.11. The Balaban J connectivity index is 1.66. The molecule has 1 aliphatic carbocycles. The van der Waals surface area contributed by atoms with Crippen LogP contribution in [0.4, 0.5) is 10.1 Å². The van der Waals surface area contributed by atoms with Crippen LogP contribution in [0.25, 0.3) is 0 Å². The Hall–Kier alpha value is -3.72. The van der Waals surface area contributed by atoms with E-state index >= 15 is 0 Å². The zero-order valence-electron chi connectivity index (χ0n) is 22.9. The summed E-state index contributed by atoms with van der Waals surface area (Å²) >= 11 is 0. The second-order valence-electron chi connectivity index (χ2n) is 10.3. The van der Waals surface area contributed by atoms with Gasteiger partial charge in [0.2, 0.25) is 11.8 Å². The van der Waals surface area contributed by atoms with Gasteiger partial charge in [-0.3, -0.25) is 13.9 Å². The molecule has 0 heterocycles. The number of nitrogens with zero attached hydrogens (tertiary/aromatic N) is 2. The monoisotopic (exact) mass is 565 g/mol. The number of carbonyl (C=O) groups excluding carboxylic acids is 2. The summed E-state index contributed by atoms with van der Waals surface area (Å²) in [5.74, 6) is -1.25. The fraction of sp³-hybridized carbons (Fsp3) is 0.355. The Morgan fingerprint density at radius 3 is 2.27 bits per heavy atom. The maximum Gasteiger partial charge on any atom is 0.264 e. The molecule has 1 fully saturated rings. The van der Waals surface area contributed by atoms with Gasteiger partial charge in [0.25, 0.3) is 10.0 Å². The van der Waals surface area contributed by atoms with E-state index in [-0.39, 0.29) is 23.4 Å².